The molecule has 0 bridgehead atoms. The number of esters is 1. The van der Waals surface area contributed by atoms with Crippen molar-refractivity contribution in [2.45, 2.75) is 24.8 Å². The van der Waals surface area contributed by atoms with Crippen LogP contribution in [0.5, 0.6) is 0 Å². The third kappa shape index (κ3) is 4.91. The van der Waals surface area contributed by atoms with E-state index in [1.54, 1.807) is 31.2 Å². The number of hydrogen-bond donors (Lipinski definition) is 1. The third-order valence-corrected chi connectivity index (χ3v) is 5.29. The lowest BCUT2D eigenvalue weighted by atomic mass is 10.1. The van der Waals surface area contributed by atoms with E-state index in [0.29, 0.717) is 10.6 Å². The first-order valence-corrected chi connectivity index (χ1v) is 9.71. The van der Waals surface area contributed by atoms with Gasteiger partial charge in [-0.15, -0.1) is 0 Å². The summed E-state index contributed by atoms with van der Waals surface area (Å²) in [5.74, 6) is -1.17. The van der Waals surface area contributed by atoms with Gasteiger partial charge in [0.05, 0.1) is 10.5 Å². The number of rotatable bonds is 7. The predicted octanol–water partition coefficient (Wildman–Crippen LogP) is 3.07. The molecule has 1 atom stereocenters. The van der Waals surface area contributed by atoms with Gasteiger partial charge in [-0.3, -0.25) is 4.79 Å². The van der Waals surface area contributed by atoms with Crippen molar-refractivity contribution >= 4 is 33.4 Å². The lowest BCUT2D eigenvalue weighted by Gasteiger charge is -2.13. The molecule has 0 saturated carbocycles. The zero-order chi connectivity index (χ0) is 19.3. The highest BCUT2D eigenvalue weighted by molar-refractivity contribution is 7.89. The van der Waals surface area contributed by atoms with Crippen molar-refractivity contribution in [1.29, 1.82) is 0 Å². The molecular formula is C18H18ClNO5S. The number of carbonyl (C=O) groups excluding carboxylic acids is 2. The normalized spacial score (nSPS) is 12.4. The summed E-state index contributed by atoms with van der Waals surface area (Å²) in [7, 11) is -3.70. The fourth-order valence-corrected chi connectivity index (χ4v) is 3.41. The Kier molecular flexibility index (Phi) is 6.52. The summed E-state index contributed by atoms with van der Waals surface area (Å²) >= 11 is 5.78. The Morgan fingerprint density at radius 2 is 1.77 bits per heavy atom. The summed E-state index contributed by atoms with van der Waals surface area (Å²) in [6.45, 7) is 3.33. The molecule has 138 valence electrons. The van der Waals surface area contributed by atoms with Crippen molar-refractivity contribution in [2.75, 3.05) is 6.54 Å². The molecule has 2 aromatic rings. The van der Waals surface area contributed by atoms with E-state index >= 15 is 0 Å². The van der Waals surface area contributed by atoms with Crippen LogP contribution in [0.3, 0.4) is 0 Å². The lowest BCUT2D eigenvalue weighted by Crippen LogP contribution is -2.25. The predicted molar refractivity (Wildman–Crippen MR) is 98.0 cm³/mol. The summed E-state index contributed by atoms with van der Waals surface area (Å²) in [6.07, 6.45) is -1.03. The average molecular weight is 396 g/mol. The highest BCUT2D eigenvalue weighted by Crippen LogP contribution is 2.15. The third-order valence-electron chi connectivity index (χ3n) is 3.50. The van der Waals surface area contributed by atoms with Gasteiger partial charge in [0.25, 0.3) is 0 Å². The van der Waals surface area contributed by atoms with Crippen LogP contribution in [0.2, 0.25) is 5.02 Å². The van der Waals surface area contributed by atoms with Gasteiger partial charge in [0, 0.05) is 17.1 Å². The second kappa shape index (κ2) is 8.44. The van der Waals surface area contributed by atoms with Gasteiger partial charge in [-0.25, -0.2) is 17.9 Å². The van der Waals surface area contributed by atoms with E-state index in [-0.39, 0.29) is 22.8 Å². The number of sulfonamides is 1. The SMILES string of the molecule is CCNS(=O)(=O)c1cccc(C(=O)OC(C)C(=O)c2ccc(Cl)cc2)c1. The van der Waals surface area contributed by atoms with Crippen molar-refractivity contribution in [3.05, 3.63) is 64.7 Å². The molecule has 0 aliphatic heterocycles. The quantitative estimate of drug-likeness (QED) is 0.574. The summed E-state index contributed by atoms with van der Waals surface area (Å²) in [6, 6.07) is 11.7. The van der Waals surface area contributed by atoms with Crippen molar-refractivity contribution in [2.24, 2.45) is 0 Å². The molecule has 1 unspecified atom stereocenters. The van der Waals surface area contributed by atoms with E-state index in [0.717, 1.165) is 0 Å². The van der Waals surface area contributed by atoms with Gasteiger partial charge in [0.15, 0.2) is 6.10 Å². The highest BCUT2D eigenvalue weighted by Gasteiger charge is 2.22. The molecule has 26 heavy (non-hydrogen) atoms. The second-order valence-corrected chi connectivity index (χ2v) is 7.65. The Bertz CT molecular complexity index is 909. The number of halogens is 1. The summed E-state index contributed by atoms with van der Waals surface area (Å²) in [5.41, 5.74) is 0.401. The molecule has 2 aromatic carbocycles. The standard InChI is InChI=1S/C18H18ClNO5S/c1-3-20-26(23,24)16-6-4-5-14(11-16)18(22)25-12(2)17(21)13-7-9-15(19)10-8-13/h4-12,20H,3H2,1-2H3. The first kappa shape index (κ1) is 20.1. The minimum Gasteiger partial charge on any atom is -0.451 e. The van der Waals surface area contributed by atoms with Gasteiger partial charge in [-0.2, -0.15) is 0 Å². The number of nitrogens with one attached hydrogen (secondary N) is 1. The molecule has 0 aliphatic carbocycles. The molecule has 6 nitrogen and oxygen atoms in total. The van der Waals surface area contributed by atoms with Gasteiger partial charge < -0.3 is 4.74 Å². The molecule has 0 radical (unpaired) electrons. The van der Waals surface area contributed by atoms with Crippen LogP contribution in [0, 0.1) is 0 Å². The number of carbonyl (C=O) groups is 2. The number of ketones is 1. The van der Waals surface area contributed by atoms with Crippen molar-refractivity contribution in [3.8, 4) is 0 Å². The molecule has 0 saturated heterocycles. The van der Waals surface area contributed by atoms with E-state index in [1.807, 2.05) is 0 Å². The average Bonchev–Trinajstić information content (AvgIpc) is 2.61. The van der Waals surface area contributed by atoms with Crippen LogP contribution in [0.25, 0.3) is 0 Å². The molecule has 1 N–H and O–H groups in total. The molecule has 8 heteroatoms. The Morgan fingerprint density at radius 1 is 1.12 bits per heavy atom. The van der Waals surface area contributed by atoms with E-state index in [2.05, 4.69) is 4.72 Å². The number of hydrogen-bond acceptors (Lipinski definition) is 5. The Balaban J connectivity index is 2.14. The van der Waals surface area contributed by atoms with Gasteiger partial charge in [-0.1, -0.05) is 24.6 Å². The minimum atomic E-state index is -3.70. The molecule has 0 fully saturated rings. The van der Waals surface area contributed by atoms with Gasteiger partial charge in [0.2, 0.25) is 15.8 Å². The van der Waals surface area contributed by atoms with Crippen LogP contribution in [0.15, 0.2) is 53.4 Å². The fourth-order valence-electron chi connectivity index (χ4n) is 2.19. The molecule has 0 heterocycles. The van der Waals surface area contributed by atoms with E-state index < -0.39 is 22.1 Å². The molecule has 0 aromatic heterocycles. The smallest absolute Gasteiger partial charge is 0.338 e. The van der Waals surface area contributed by atoms with E-state index in [1.165, 1.54) is 31.2 Å². The largest absolute Gasteiger partial charge is 0.451 e. The lowest BCUT2D eigenvalue weighted by molar-refractivity contribution is 0.0318. The fraction of sp³-hybridized carbons (Fsp3) is 0.222. The van der Waals surface area contributed by atoms with E-state index in [4.69, 9.17) is 16.3 Å². The van der Waals surface area contributed by atoms with Gasteiger partial charge >= 0.3 is 5.97 Å². The van der Waals surface area contributed by atoms with Crippen molar-refractivity contribution in [1.82, 2.24) is 4.72 Å². The number of ether oxygens (including phenoxy) is 1. The van der Waals surface area contributed by atoms with Crippen LogP contribution < -0.4 is 4.72 Å². The van der Waals surface area contributed by atoms with Crippen LogP contribution in [0.4, 0.5) is 0 Å². The summed E-state index contributed by atoms with van der Waals surface area (Å²) in [4.78, 5) is 24.5. The zero-order valence-electron chi connectivity index (χ0n) is 14.2. The van der Waals surface area contributed by atoms with Crippen molar-refractivity contribution in [3.63, 3.8) is 0 Å². The van der Waals surface area contributed by atoms with Crippen LogP contribution in [-0.4, -0.2) is 32.8 Å². The van der Waals surface area contributed by atoms with Crippen molar-refractivity contribution < 1.29 is 22.7 Å². The van der Waals surface area contributed by atoms with Gasteiger partial charge in [0.1, 0.15) is 0 Å². The zero-order valence-corrected chi connectivity index (χ0v) is 15.8. The van der Waals surface area contributed by atoms with Crippen LogP contribution in [-0.2, 0) is 14.8 Å². The maximum atomic E-state index is 12.3. The molecular weight excluding hydrogens is 378 g/mol. The molecule has 2 rings (SSSR count). The summed E-state index contributed by atoms with van der Waals surface area (Å²) < 4.78 is 31.6. The Labute approximate surface area is 157 Å². The Morgan fingerprint density at radius 3 is 2.38 bits per heavy atom. The topological polar surface area (TPSA) is 89.5 Å². The van der Waals surface area contributed by atoms with E-state index in [9.17, 15) is 18.0 Å². The summed E-state index contributed by atoms with van der Waals surface area (Å²) in [5, 5.41) is 0.491. The molecule has 0 aliphatic rings. The highest BCUT2D eigenvalue weighted by atomic mass is 35.5. The minimum absolute atomic E-state index is 0.0414. The Hall–Kier alpha value is -2.22. The number of Topliss-reactive ketones (excluding diaryl/α,β-unsaturated/α-hetero) is 1. The second-order valence-electron chi connectivity index (χ2n) is 5.45. The first-order valence-electron chi connectivity index (χ1n) is 7.85. The number of benzene rings is 2. The van der Waals surface area contributed by atoms with Crippen LogP contribution in [0.1, 0.15) is 34.6 Å². The first-order chi connectivity index (χ1) is 12.2. The molecule has 0 spiro atoms. The maximum Gasteiger partial charge on any atom is 0.338 e. The van der Waals surface area contributed by atoms with Gasteiger partial charge in [-0.05, 0) is 49.4 Å². The molecule has 0 amide bonds. The van der Waals surface area contributed by atoms with Crippen LogP contribution >= 0.6 is 11.6 Å². The monoisotopic (exact) mass is 395 g/mol. The maximum absolute atomic E-state index is 12.3.